The van der Waals surface area contributed by atoms with E-state index in [0.29, 0.717) is 23.9 Å². The van der Waals surface area contributed by atoms with Crippen LogP contribution in [0.1, 0.15) is 0 Å². The number of nitrogens with zero attached hydrogens (tertiary/aromatic N) is 2. The predicted octanol–water partition coefficient (Wildman–Crippen LogP) is 4.74. The zero-order valence-corrected chi connectivity index (χ0v) is 18.2. The van der Waals surface area contributed by atoms with Crippen LogP contribution in [0.25, 0.3) is 11.1 Å². The van der Waals surface area contributed by atoms with Gasteiger partial charge < -0.3 is 19.3 Å². The van der Waals surface area contributed by atoms with Crippen molar-refractivity contribution in [1.82, 2.24) is 4.90 Å². The number of ether oxygens (including phenoxy) is 2. The van der Waals surface area contributed by atoms with Crippen molar-refractivity contribution in [3.8, 4) is 22.6 Å². The molecule has 31 heavy (non-hydrogen) atoms. The second kappa shape index (κ2) is 9.75. The SMILES string of the molecule is COc1ccc(N2CCN(C(=O)COc3ccc(-c4ccccc4)cc3Cl)CC2)cc1. The molecule has 0 saturated carbocycles. The average Bonchev–Trinajstić information content (AvgIpc) is 2.84. The predicted molar refractivity (Wildman–Crippen MR) is 124 cm³/mol. The van der Waals surface area contributed by atoms with Crippen LogP contribution in [0.2, 0.25) is 5.02 Å². The summed E-state index contributed by atoms with van der Waals surface area (Å²) in [7, 11) is 1.66. The largest absolute Gasteiger partial charge is 0.497 e. The van der Waals surface area contributed by atoms with E-state index in [-0.39, 0.29) is 12.5 Å². The highest BCUT2D eigenvalue weighted by atomic mass is 35.5. The number of methoxy groups -OCH3 is 1. The van der Waals surface area contributed by atoms with Crippen LogP contribution in [0.3, 0.4) is 0 Å². The summed E-state index contributed by atoms with van der Waals surface area (Å²) in [4.78, 5) is 16.7. The molecule has 0 unspecified atom stereocenters. The van der Waals surface area contributed by atoms with E-state index in [9.17, 15) is 4.79 Å². The quantitative estimate of drug-likeness (QED) is 0.559. The molecule has 6 heteroatoms. The van der Waals surface area contributed by atoms with Gasteiger partial charge in [0.05, 0.1) is 12.1 Å². The lowest BCUT2D eigenvalue weighted by molar-refractivity contribution is -0.133. The van der Waals surface area contributed by atoms with Crippen LogP contribution in [-0.4, -0.2) is 50.7 Å². The Kier molecular flexibility index (Phi) is 6.63. The Morgan fingerprint density at radius 3 is 2.26 bits per heavy atom. The standard InChI is InChI=1S/C25H25ClN2O3/c1-30-22-10-8-21(9-11-22)27-13-15-28(16-14-27)25(29)18-31-24-12-7-20(17-23(24)26)19-5-3-2-4-6-19/h2-12,17H,13-16,18H2,1H3. The lowest BCUT2D eigenvalue weighted by Crippen LogP contribution is -2.50. The Morgan fingerprint density at radius 1 is 0.903 bits per heavy atom. The van der Waals surface area contributed by atoms with E-state index in [1.54, 1.807) is 7.11 Å². The number of rotatable bonds is 6. The maximum absolute atomic E-state index is 12.6. The van der Waals surface area contributed by atoms with E-state index >= 15 is 0 Å². The van der Waals surface area contributed by atoms with Gasteiger partial charge in [-0.3, -0.25) is 4.79 Å². The smallest absolute Gasteiger partial charge is 0.260 e. The van der Waals surface area contributed by atoms with E-state index < -0.39 is 0 Å². The minimum absolute atomic E-state index is 0.0209. The van der Waals surface area contributed by atoms with Crippen molar-refractivity contribution in [2.75, 3.05) is 44.8 Å². The molecular weight excluding hydrogens is 412 g/mol. The number of benzene rings is 3. The topological polar surface area (TPSA) is 42.0 Å². The molecule has 0 spiro atoms. The normalized spacial score (nSPS) is 13.7. The molecule has 0 bridgehead atoms. The maximum atomic E-state index is 12.6. The van der Waals surface area contributed by atoms with Gasteiger partial charge in [0.15, 0.2) is 6.61 Å². The Labute approximate surface area is 187 Å². The van der Waals surface area contributed by atoms with Gasteiger partial charge in [-0.15, -0.1) is 0 Å². The number of hydrogen-bond acceptors (Lipinski definition) is 4. The van der Waals surface area contributed by atoms with Gasteiger partial charge in [0.2, 0.25) is 0 Å². The minimum atomic E-state index is -0.0300. The summed E-state index contributed by atoms with van der Waals surface area (Å²) in [5.41, 5.74) is 3.23. The number of hydrogen-bond donors (Lipinski definition) is 0. The molecule has 1 aliphatic rings. The lowest BCUT2D eigenvalue weighted by Gasteiger charge is -2.36. The van der Waals surface area contributed by atoms with Crippen LogP contribution < -0.4 is 14.4 Å². The van der Waals surface area contributed by atoms with Crippen LogP contribution in [0.5, 0.6) is 11.5 Å². The first-order valence-corrected chi connectivity index (χ1v) is 10.7. The molecule has 0 radical (unpaired) electrons. The Hall–Kier alpha value is -3.18. The number of carbonyl (C=O) groups is 1. The molecule has 0 aliphatic carbocycles. The molecule has 0 N–H and O–H groups in total. The third-order valence-corrected chi connectivity index (χ3v) is 5.76. The molecule has 0 atom stereocenters. The van der Waals surface area contributed by atoms with Gasteiger partial charge in [0, 0.05) is 31.9 Å². The average molecular weight is 437 g/mol. The summed E-state index contributed by atoms with van der Waals surface area (Å²) >= 11 is 6.39. The summed E-state index contributed by atoms with van der Waals surface area (Å²) in [6.45, 7) is 2.87. The monoisotopic (exact) mass is 436 g/mol. The molecule has 3 aromatic rings. The summed E-state index contributed by atoms with van der Waals surface area (Å²) in [5, 5.41) is 0.499. The molecule has 1 heterocycles. The molecule has 4 rings (SSSR count). The summed E-state index contributed by atoms with van der Waals surface area (Å²) in [6.07, 6.45) is 0. The van der Waals surface area contributed by atoms with E-state index in [1.807, 2.05) is 77.7 Å². The van der Waals surface area contributed by atoms with Gasteiger partial charge in [-0.05, 0) is 47.5 Å². The van der Waals surface area contributed by atoms with E-state index in [1.165, 1.54) is 0 Å². The highest BCUT2D eigenvalue weighted by Crippen LogP contribution is 2.30. The number of halogens is 1. The van der Waals surface area contributed by atoms with Crippen molar-refractivity contribution in [2.24, 2.45) is 0 Å². The van der Waals surface area contributed by atoms with Crippen LogP contribution in [-0.2, 0) is 4.79 Å². The van der Waals surface area contributed by atoms with Crippen LogP contribution in [0.15, 0.2) is 72.8 Å². The van der Waals surface area contributed by atoms with E-state index in [2.05, 4.69) is 4.90 Å². The fraction of sp³-hybridized carbons (Fsp3) is 0.240. The fourth-order valence-corrected chi connectivity index (χ4v) is 3.90. The van der Waals surface area contributed by atoms with Gasteiger partial charge in [-0.2, -0.15) is 0 Å². The molecule has 1 saturated heterocycles. The van der Waals surface area contributed by atoms with Crippen molar-refractivity contribution in [3.63, 3.8) is 0 Å². The van der Waals surface area contributed by atoms with Crippen molar-refractivity contribution in [2.45, 2.75) is 0 Å². The number of piperazine rings is 1. The number of anilines is 1. The second-order valence-corrected chi connectivity index (χ2v) is 7.77. The minimum Gasteiger partial charge on any atom is -0.497 e. The summed E-state index contributed by atoms with van der Waals surface area (Å²) < 4.78 is 10.9. The molecule has 1 amide bonds. The van der Waals surface area contributed by atoms with E-state index in [4.69, 9.17) is 21.1 Å². The molecule has 1 aliphatic heterocycles. The fourth-order valence-electron chi connectivity index (χ4n) is 3.67. The second-order valence-electron chi connectivity index (χ2n) is 7.37. The first-order chi connectivity index (χ1) is 15.1. The Morgan fingerprint density at radius 2 is 1.61 bits per heavy atom. The molecule has 5 nitrogen and oxygen atoms in total. The first kappa shape index (κ1) is 21.1. The molecule has 3 aromatic carbocycles. The molecule has 160 valence electrons. The summed E-state index contributed by atoms with van der Waals surface area (Å²) in [6, 6.07) is 23.6. The lowest BCUT2D eigenvalue weighted by atomic mass is 10.1. The van der Waals surface area contributed by atoms with Crippen molar-refractivity contribution in [1.29, 1.82) is 0 Å². The first-order valence-electron chi connectivity index (χ1n) is 10.3. The van der Waals surface area contributed by atoms with Crippen molar-refractivity contribution in [3.05, 3.63) is 77.8 Å². The highest BCUT2D eigenvalue weighted by Gasteiger charge is 2.22. The molecule has 0 aromatic heterocycles. The molecule has 1 fully saturated rings. The van der Waals surface area contributed by atoms with Gasteiger partial charge in [0.1, 0.15) is 11.5 Å². The maximum Gasteiger partial charge on any atom is 0.260 e. The Balaban J connectivity index is 1.29. The summed E-state index contributed by atoms with van der Waals surface area (Å²) in [5.74, 6) is 1.33. The zero-order chi connectivity index (χ0) is 21.6. The molecular formula is C25H25ClN2O3. The zero-order valence-electron chi connectivity index (χ0n) is 17.5. The van der Waals surface area contributed by atoms with Crippen molar-refractivity contribution < 1.29 is 14.3 Å². The van der Waals surface area contributed by atoms with Crippen LogP contribution >= 0.6 is 11.6 Å². The van der Waals surface area contributed by atoms with Crippen LogP contribution in [0, 0.1) is 0 Å². The Bertz CT molecular complexity index is 1020. The third kappa shape index (κ3) is 5.12. The van der Waals surface area contributed by atoms with Crippen molar-refractivity contribution >= 4 is 23.2 Å². The van der Waals surface area contributed by atoms with Crippen LogP contribution in [0.4, 0.5) is 5.69 Å². The van der Waals surface area contributed by atoms with E-state index in [0.717, 1.165) is 35.7 Å². The van der Waals surface area contributed by atoms with Gasteiger partial charge in [-0.25, -0.2) is 0 Å². The number of amides is 1. The van der Waals surface area contributed by atoms with Gasteiger partial charge >= 0.3 is 0 Å². The van der Waals surface area contributed by atoms with Gasteiger partial charge in [-0.1, -0.05) is 48.0 Å². The highest BCUT2D eigenvalue weighted by molar-refractivity contribution is 6.32. The van der Waals surface area contributed by atoms with Gasteiger partial charge in [0.25, 0.3) is 5.91 Å². The number of carbonyl (C=O) groups excluding carboxylic acids is 1. The third-order valence-electron chi connectivity index (χ3n) is 5.46.